The predicted molar refractivity (Wildman–Crippen MR) is 95.7 cm³/mol. The third-order valence-electron chi connectivity index (χ3n) is 4.50. The molecule has 1 atom stereocenters. The van der Waals surface area contributed by atoms with Crippen LogP contribution in [0.2, 0.25) is 0 Å². The zero-order valence-electron chi connectivity index (χ0n) is 14.6. The van der Waals surface area contributed by atoms with Gasteiger partial charge in [0, 0.05) is 24.0 Å². The van der Waals surface area contributed by atoms with Crippen LogP contribution in [0.4, 0.5) is 5.69 Å². The quantitative estimate of drug-likeness (QED) is 0.467. The maximum absolute atomic E-state index is 12.7. The van der Waals surface area contributed by atoms with E-state index in [1.165, 1.54) is 23.9 Å². The molecule has 0 aliphatic heterocycles. The summed E-state index contributed by atoms with van der Waals surface area (Å²) in [7, 11) is 0. The van der Waals surface area contributed by atoms with Crippen molar-refractivity contribution in [1.29, 1.82) is 0 Å². The molecule has 26 heavy (non-hydrogen) atoms. The Labute approximate surface area is 154 Å². The first kappa shape index (κ1) is 18.4. The second kappa shape index (κ2) is 7.45. The number of nitro groups is 1. The standard InChI is InChI=1S/C17H20N4O4S/c1-11(26-14-7-5-13(6-8-14)21(23)24)15(22)19-17(9-3-4-10-17)16-18-12(2)25-20-16/h5-8,11H,3-4,9-10H2,1-2H3,(H,19,22). The largest absolute Gasteiger partial charge is 0.342 e. The zero-order chi connectivity index (χ0) is 18.7. The third-order valence-corrected chi connectivity index (χ3v) is 5.62. The highest BCUT2D eigenvalue weighted by Gasteiger charge is 2.41. The maximum Gasteiger partial charge on any atom is 0.269 e. The fourth-order valence-corrected chi connectivity index (χ4v) is 3.99. The molecule has 1 aromatic heterocycles. The van der Waals surface area contributed by atoms with Gasteiger partial charge in [-0.3, -0.25) is 14.9 Å². The second-order valence-electron chi connectivity index (χ2n) is 6.43. The molecule has 1 saturated carbocycles. The number of thioether (sulfide) groups is 1. The summed E-state index contributed by atoms with van der Waals surface area (Å²) in [6.45, 7) is 3.54. The molecule has 8 nitrogen and oxygen atoms in total. The molecule has 0 bridgehead atoms. The molecule has 1 aliphatic carbocycles. The topological polar surface area (TPSA) is 111 Å². The smallest absolute Gasteiger partial charge is 0.269 e. The monoisotopic (exact) mass is 376 g/mol. The SMILES string of the molecule is Cc1nc(C2(NC(=O)C(C)Sc3ccc([N+](=O)[O-])cc3)CCCC2)no1. The number of aromatic nitrogens is 2. The molecular weight excluding hydrogens is 356 g/mol. The Balaban J connectivity index is 1.68. The lowest BCUT2D eigenvalue weighted by molar-refractivity contribution is -0.384. The molecule has 0 spiro atoms. The van der Waals surface area contributed by atoms with Crippen LogP contribution >= 0.6 is 11.8 Å². The van der Waals surface area contributed by atoms with Crippen LogP contribution < -0.4 is 5.32 Å². The number of carbonyl (C=O) groups is 1. The van der Waals surface area contributed by atoms with Gasteiger partial charge >= 0.3 is 0 Å². The van der Waals surface area contributed by atoms with Crippen molar-refractivity contribution < 1.29 is 14.2 Å². The van der Waals surface area contributed by atoms with Gasteiger partial charge in [-0.05, 0) is 31.9 Å². The van der Waals surface area contributed by atoms with Gasteiger partial charge in [-0.2, -0.15) is 4.98 Å². The summed E-state index contributed by atoms with van der Waals surface area (Å²) >= 11 is 1.36. The number of nitrogens with zero attached hydrogens (tertiary/aromatic N) is 3. The van der Waals surface area contributed by atoms with E-state index in [-0.39, 0.29) is 16.8 Å². The van der Waals surface area contributed by atoms with Gasteiger partial charge in [0.1, 0.15) is 5.54 Å². The van der Waals surface area contributed by atoms with E-state index in [0.717, 1.165) is 30.6 Å². The molecule has 0 saturated heterocycles. The number of rotatable bonds is 6. The molecule has 138 valence electrons. The molecule has 1 aromatic carbocycles. The minimum Gasteiger partial charge on any atom is -0.342 e. The molecule has 1 heterocycles. The van der Waals surface area contributed by atoms with Crippen LogP contribution in [0, 0.1) is 17.0 Å². The van der Waals surface area contributed by atoms with Crippen LogP contribution in [0.3, 0.4) is 0 Å². The number of hydrogen-bond donors (Lipinski definition) is 1. The van der Waals surface area contributed by atoms with Gasteiger partial charge in [-0.1, -0.05) is 18.0 Å². The molecule has 9 heteroatoms. The van der Waals surface area contributed by atoms with Gasteiger partial charge in [0.25, 0.3) is 5.69 Å². The van der Waals surface area contributed by atoms with Crippen LogP contribution in [-0.4, -0.2) is 26.2 Å². The average molecular weight is 376 g/mol. The first-order chi connectivity index (χ1) is 12.4. The minimum absolute atomic E-state index is 0.0313. The first-order valence-corrected chi connectivity index (χ1v) is 9.31. The molecular formula is C17H20N4O4S. The Morgan fingerprint density at radius 1 is 1.35 bits per heavy atom. The van der Waals surface area contributed by atoms with E-state index >= 15 is 0 Å². The van der Waals surface area contributed by atoms with E-state index in [9.17, 15) is 14.9 Å². The average Bonchev–Trinajstić information content (AvgIpc) is 3.25. The van der Waals surface area contributed by atoms with Gasteiger partial charge in [-0.25, -0.2) is 0 Å². The summed E-state index contributed by atoms with van der Waals surface area (Å²) in [5, 5.41) is 17.5. The molecule has 1 fully saturated rings. The number of non-ortho nitro benzene ring substituents is 1. The van der Waals surface area contributed by atoms with E-state index in [0.29, 0.717) is 11.7 Å². The van der Waals surface area contributed by atoms with Gasteiger partial charge < -0.3 is 9.84 Å². The second-order valence-corrected chi connectivity index (χ2v) is 7.84. The lowest BCUT2D eigenvalue weighted by Crippen LogP contribution is -2.47. The lowest BCUT2D eigenvalue weighted by atomic mass is 9.96. The number of amides is 1. The summed E-state index contributed by atoms with van der Waals surface area (Å²) in [4.78, 5) is 28.1. The summed E-state index contributed by atoms with van der Waals surface area (Å²) in [6.07, 6.45) is 3.56. The number of carbonyl (C=O) groups excluding carboxylic acids is 1. The van der Waals surface area contributed by atoms with Crippen molar-refractivity contribution in [2.75, 3.05) is 0 Å². The number of benzene rings is 1. The van der Waals surface area contributed by atoms with E-state index in [1.54, 1.807) is 19.1 Å². The van der Waals surface area contributed by atoms with Gasteiger partial charge in [0.15, 0.2) is 5.82 Å². The summed E-state index contributed by atoms with van der Waals surface area (Å²) < 4.78 is 5.10. The summed E-state index contributed by atoms with van der Waals surface area (Å²) in [5.41, 5.74) is -0.539. The van der Waals surface area contributed by atoms with Crippen molar-refractivity contribution in [3.63, 3.8) is 0 Å². The first-order valence-electron chi connectivity index (χ1n) is 8.43. The van der Waals surface area contributed by atoms with Crippen LogP contribution in [0.25, 0.3) is 0 Å². The predicted octanol–water partition coefficient (Wildman–Crippen LogP) is 3.35. The fraction of sp³-hybridized carbons (Fsp3) is 0.471. The highest BCUT2D eigenvalue weighted by molar-refractivity contribution is 8.00. The fourth-order valence-electron chi connectivity index (χ4n) is 3.12. The number of nitro benzene ring substituents is 1. The molecule has 1 amide bonds. The van der Waals surface area contributed by atoms with E-state index in [1.807, 2.05) is 6.92 Å². The van der Waals surface area contributed by atoms with Crippen molar-refractivity contribution in [3.8, 4) is 0 Å². The van der Waals surface area contributed by atoms with E-state index in [4.69, 9.17) is 4.52 Å². The zero-order valence-corrected chi connectivity index (χ0v) is 15.4. The molecule has 1 N–H and O–H groups in total. The molecule has 3 rings (SSSR count). The molecule has 2 aromatic rings. The van der Waals surface area contributed by atoms with Crippen molar-refractivity contribution in [1.82, 2.24) is 15.5 Å². The normalized spacial score (nSPS) is 17.0. The van der Waals surface area contributed by atoms with E-state index < -0.39 is 10.5 Å². The Morgan fingerprint density at radius 2 is 2.00 bits per heavy atom. The number of aryl methyl sites for hydroxylation is 1. The molecule has 1 unspecified atom stereocenters. The highest BCUT2D eigenvalue weighted by Crippen LogP contribution is 2.38. The van der Waals surface area contributed by atoms with Crippen molar-refractivity contribution >= 4 is 23.4 Å². The van der Waals surface area contributed by atoms with Gasteiger partial charge in [-0.15, -0.1) is 11.8 Å². The van der Waals surface area contributed by atoms with Crippen LogP contribution in [0.15, 0.2) is 33.7 Å². The van der Waals surface area contributed by atoms with Crippen molar-refractivity contribution in [3.05, 3.63) is 46.1 Å². The highest BCUT2D eigenvalue weighted by atomic mass is 32.2. The lowest BCUT2D eigenvalue weighted by Gasteiger charge is -2.28. The van der Waals surface area contributed by atoms with Crippen molar-refractivity contribution in [2.45, 2.75) is 55.2 Å². The maximum atomic E-state index is 12.7. The Kier molecular flexibility index (Phi) is 5.26. The molecule has 0 radical (unpaired) electrons. The number of hydrogen-bond acceptors (Lipinski definition) is 7. The van der Waals surface area contributed by atoms with Crippen molar-refractivity contribution in [2.24, 2.45) is 0 Å². The van der Waals surface area contributed by atoms with E-state index in [2.05, 4.69) is 15.5 Å². The minimum atomic E-state index is -0.570. The summed E-state index contributed by atoms with van der Waals surface area (Å²) in [5.74, 6) is 0.903. The van der Waals surface area contributed by atoms with Crippen LogP contribution in [0.5, 0.6) is 0 Å². The van der Waals surface area contributed by atoms with Gasteiger partial charge in [0.2, 0.25) is 11.8 Å². The van der Waals surface area contributed by atoms with Crippen LogP contribution in [0.1, 0.15) is 44.3 Å². The van der Waals surface area contributed by atoms with Gasteiger partial charge in [0.05, 0.1) is 10.2 Å². The number of nitrogens with one attached hydrogen (secondary N) is 1. The Bertz CT molecular complexity index is 799. The Hall–Kier alpha value is -2.42. The van der Waals surface area contributed by atoms with Crippen LogP contribution in [-0.2, 0) is 10.3 Å². The summed E-state index contributed by atoms with van der Waals surface area (Å²) in [6, 6.07) is 6.18. The Morgan fingerprint density at radius 3 is 2.54 bits per heavy atom. The third kappa shape index (κ3) is 3.87. The molecule has 1 aliphatic rings.